The maximum Gasteiger partial charge on any atom is 0.490 e. The number of benzene rings is 1. The number of aliphatic carboxylic acids is 1. The molecule has 4 aromatic rings. The molecule has 25 heteroatoms. The van der Waals surface area contributed by atoms with Gasteiger partial charge in [-0.2, -0.15) is 23.6 Å². The van der Waals surface area contributed by atoms with E-state index < -0.39 is 18.1 Å². The molecular weight excluding hydrogens is 1240 g/mol. The molecule has 0 atom stereocenters. The van der Waals surface area contributed by atoms with Crippen molar-refractivity contribution in [3.05, 3.63) is 46.9 Å². The van der Waals surface area contributed by atoms with Crippen LogP contribution < -0.4 is 4.74 Å². The molecule has 5 N–H and O–H groups in total. The zero-order valence-corrected chi connectivity index (χ0v) is 56.8. The monoisotopic (exact) mass is 1340 g/mol. The van der Waals surface area contributed by atoms with Gasteiger partial charge < -0.3 is 29.5 Å². The summed E-state index contributed by atoms with van der Waals surface area (Å²) >= 11 is 5.05. The van der Waals surface area contributed by atoms with Gasteiger partial charge in [-0.25, -0.2) is 23.9 Å². The number of carboxylic acid groups (broad SMARTS) is 2. The largest absolute Gasteiger partial charge is 0.497 e. The number of carboxylic acids is 2. The first-order valence-corrected chi connectivity index (χ1v) is 36.9. The van der Waals surface area contributed by atoms with Gasteiger partial charge in [0.25, 0.3) is 0 Å². The first-order chi connectivity index (χ1) is 44.3. The van der Waals surface area contributed by atoms with E-state index in [1.165, 1.54) is 218 Å². The third kappa shape index (κ3) is 21.3. The number of nitrogens with zero attached hydrogens (tertiary/aromatic N) is 7. The lowest BCUT2D eigenvalue weighted by atomic mass is 9.65. The van der Waals surface area contributed by atoms with Crippen LogP contribution >= 0.6 is 35.3 Å². The summed E-state index contributed by atoms with van der Waals surface area (Å²) in [5.74, 6) is -3.69. The number of nitrogens with one attached hydrogen (secondary N) is 2. The number of aliphatic hydroxyl groups excluding tert-OH is 1. The molecule has 0 aliphatic heterocycles. The molecular formula is C67H100F3N9O10S3. The van der Waals surface area contributed by atoms with Crippen molar-refractivity contribution < 1.29 is 61.9 Å². The third-order valence-electron chi connectivity index (χ3n) is 21.1. The van der Waals surface area contributed by atoms with Gasteiger partial charge in [-0.1, -0.05) is 118 Å². The number of thioether (sulfide) groups is 3. The Morgan fingerprint density at radius 3 is 1.26 bits per heavy atom. The molecule has 8 saturated carbocycles. The number of aromatic carboxylic acids is 1. The molecule has 3 aromatic heterocycles. The average molecular weight is 1340 g/mol. The maximum atomic E-state index is 12.5. The molecule has 8 fully saturated rings. The number of ether oxygens (including phenoxy) is 3. The standard InChI is InChI=1S/C24H33N3O3S.C16H25N3O2S.C14H21N3O2S.C11H20O.C2HF3O2/c1-3-30-23(28)21-22(27(26-25-21)17-18-7-9-19(29-2)10-8-18)31-20-11-15-24(16-12-20)13-5-4-6-14-24;1-2-21-15(20)13-14(18-19-17-13)22-12-6-10-16(11-7-12)8-4-3-5-9-16;18-13(19)11-12(16-17-15-11)20-10-4-8-14(9-5-10)6-2-1-3-7-14;12-10-4-8-11(9-5-10)6-2-1-3-7-11;3-2(4,5)1(6)7/h7-10,20H,3-6,11-17H2,1-2H3;12H,2-11H2,1H3,(H,17,18,19);10H,1-9H2,(H,18,19)(H,15,16,17);10,12H,1-9H2;(H,6,7). The minimum atomic E-state index is -5.08. The minimum absolute atomic E-state index is 0.0255. The van der Waals surface area contributed by atoms with Gasteiger partial charge in [0.2, 0.25) is 17.1 Å². The fourth-order valence-corrected chi connectivity index (χ4v) is 19.2. The van der Waals surface area contributed by atoms with Crippen molar-refractivity contribution in [3.63, 3.8) is 0 Å². The molecule has 512 valence electrons. The van der Waals surface area contributed by atoms with Crippen molar-refractivity contribution in [2.45, 2.75) is 295 Å². The van der Waals surface area contributed by atoms with Crippen molar-refractivity contribution in [2.24, 2.45) is 21.7 Å². The van der Waals surface area contributed by atoms with Crippen molar-refractivity contribution in [1.82, 2.24) is 45.8 Å². The molecule has 8 aliphatic carbocycles. The number of hydrogen-bond donors (Lipinski definition) is 5. The van der Waals surface area contributed by atoms with Crippen molar-refractivity contribution in [3.8, 4) is 5.75 Å². The van der Waals surface area contributed by atoms with E-state index in [9.17, 15) is 32.7 Å². The Morgan fingerprint density at radius 1 is 0.533 bits per heavy atom. The normalized spacial score (nSPS) is 23.2. The second kappa shape index (κ2) is 35.2. The number of methoxy groups -OCH3 is 1. The number of aromatic amines is 2. The van der Waals surface area contributed by atoms with Crippen LogP contribution in [0.1, 0.15) is 282 Å². The van der Waals surface area contributed by atoms with Gasteiger partial charge in [0, 0.05) is 15.7 Å². The minimum Gasteiger partial charge on any atom is -0.497 e. The highest BCUT2D eigenvalue weighted by atomic mass is 32.2. The van der Waals surface area contributed by atoms with Gasteiger partial charge in [0.05, 0.1) is 33.0 Å². The predicted octanol–water partition coefficient (Wildman–Crippen LogP) is 16.5. The van der Waals surface area contributed by atoms with Crippen LogP contribution in [0.2, 0.25) is 0 Å². The second-order valence-corrected chi connectivity index (χ2v) is 31.0. The number of aliphatic hydroxyl groups is 1. The second-order valence-electron chi connectivity index (χ2n) is 27.2. The number of esters is 2. The summed E-state index contributed by atoms with van der Waals surface area (Å²) in [4.78, 5) is 44.3. The number of carbonyl (C=O) groups is 4. The van der Waals surface area contributed by atoms with Crippen LogP contribution in [-0.2, 0) is 20.8 Å². The van der Waals surface area contributed by atoms with E-state index in [-0.39, 0.29) is 23.7 Å². The fourth-order valence-electron chi connectivity index (χ4n) is 15.7. The predicted molar refractivity (Wildman–Crippen MR) is 348 cm³/mol. The Kier molecular flexibility index (Phi) is 27.9. The highest BCUT2D eigenvalue weighted by molar-refractivity contribution is 8.00. The number of alkyl halides is 3. The number of halogens is 3. The summed E-state index contributed by atoms with van der Waals surface area (Å²) in [6, 6.07) is 7.92. The Balaban J connectivity index is 0.000000158. The summed E-state index contributed by atoms with van der Waals surface area (Å²) in [7, 11) is 1.66. The fraction of sp³-hybridized carbons (Fsp3) is 0.761. The van der Waals surface area contributed by atoms with Crippen molar-refractivity contribution in [1.29, 1.82) is 0 Å². The topological polar surface area (TPSA) is 271 Å². The average Bonchev–Trinajstić information content (AvgIpc) is 1.46. The number of hydrogen-bond acceptors (Lipinski definition) is 17. The van der Waals surface area contributed by atoms with Gasteiger partial charge in [-0.3, -0.25) is 0 Å². The number of rotatable bonds is 14. The third-order valence-corrected chi connectivity index (χ3v) is 25.1. The summed E-state index contributed by atoms with van der Waals surface area (Å²) in [6.45, 7) is 4.88. The number of H-pyrrole nitrogens is 2. The van der Waals surface area contributed by atoms with E-state index in [4.69, 9.17) is 29.2 Å². The smallest absolute Gasteiger partial charge is 0.490 e. The zero-order valence-electron chi connectivity index (χ0n) is 54.4. The maximum absolute atomic E-state index is 12.5. The van der Waals surface area contributed by atoms with E-state index >= 15 is 0 Å². The molecule has 0 amide bonds. The highest BCUT2D eigenvalue weighted by Crippen LogP contribution is 2.53. The summed E-state index contributed by atoms with van der Waals surface area (Å²) in [5, 5.41) is 58.5. The molecule has 92 heavy (non-hydrogen) atoms. The van der Waals surface area contributed by atoms with Crippen LogP contribution in [0.15, 0.2) is 39.3 Å². The quantitative estimate of drug-likeness (QED) is 0.0734. The lowest BCUT2D eigenvalue weighted by Crippen LogP contribution is -2.31. The Hall–Kier alpha value is -4.88. The van der Waals surface area contributed by atoms with Crippen LogP contribution in [0.5, 0.6) is 5.75 Å². The summed E-state index contributed by atoms with van der Waals surface area (Å²) in [5.41, 5.74) is 4.33. The van der Waals surface area contributed by atoms with Crippen LogP contribution in [0, 0.1) is 21.7 Å². The number of carbonyl (C=O) groups excluding carboxylic acids is 2. The van der Waals surface area contributed by atoms with Gasteiger partial charge >= 0.3 is 30.1 Å². The van der Waals surface area contributed by atoms with Gasteiger partial charge in [0.1, 0.15) is 10.8 Å². The van der Waals surface area contributed by atoms with E-state index in [1.807, 2.05) is 35.9 Å². The van der Waals surface area contributed by atoms with Crippen molar-refractivity contribution in [2.75, 3.05) is 20.3 Å². The summed E-state index contributed by atoms with van der Waals surface area (Å²) in [6.07, 6.45) is 43.0. The molecule has 8 aliphatic rings. The van der Waals surface area contributed by atoms with Crippen LogP contribution in [0.3, 0.4) is 0 Å². The van der Waals surface area contributed by atoms with Gasteiger partial charge in [-0.05, 0) is 207 Å². The molecule has 1 aromatic carbocycles. The summed E-state index contributed by atoms with van der Waals surface area (Å²) < 4.78 is 49.1. The van der Waals surface area contributed by atoms with E-state index in [2.05, 4.69) is 41.1 Å². The van der Waals surface area contributed by atoms with Gasteiger partial charge in [0.15, 0.2) is 10.1 Å². The van der Waals surface area contributed by atoms with Gasteiger partial charge in [-0.15, -0.1) is 37.3 Å². The first-order valence-electron chi connectivity index (χ1n) is 34.2. The van der Waals surface area contributed by atoms with Crippen molar-refractivity contribution >= 4 is 59.2 Å². The first kappa shape index (κ1) is 72.9. The van der Waals surface area contributed by atoms with E-state index in [0.29, 0.717) is 78.6 Å². The van der Waals surface area contributed by atoms with E-state index in [1.54, 1.807) is 49.3 Å². The lowest BCUT2D eigenvalue weighted by Gasteiger charge is -2.42. The van der Waals surface area contributed by atoms with Crippen LogP contribution in [-0.4, -0.2) is 133 Å². The molecule has 3 heterocycles. The highest BCUT2D eigenvalue weighted by Gasteiger charge is 2.42. The van der Waals surface area contributed by atoms with E-state index in [0.717, 1.165) is 29.2 Å². The van der Waals surface area contributed by atoms with Crippen LogP contribution in [0.25, 0.3) is 0 Å². The molecule has 0 radical (unpaired) electrons. The number of aromatic nitrogens is 9. The van der Waals surface area contributed by atoms with Crippen LogP contribution in [0.4, 0.5) is 13.2 Å². The molecule has 4 spiro atoms. The molecule has 19 nitrogen and oxygen atoms in total. The SMILES string of the molecule is CCOC(=O)c1n[nH]nc1SC1CCC2(CCCCC2)CC1.CCOC(=O)c1nnn(Cc2ccc(OC)cc2)c1SC1CCC2(CCCCC2)CC1.O=C(O)C(F)(F)F.O=C(O)c1n[nH]nc1SC1CCC2(CCCCC2)CC1.OC1CCC2(CCCCC2)CC1. The molecule has 0 saturated heterocycles. The Morgan fingerprint density at radius 2 is 0.891 bits per heavy atom. The molecule has 12 rings (SSSR count). The Labute approximate surface area is 553 Å². The molecule has 0 bridgehead atoms. The molecule has 0 unspecified atom stereocenters. The zero-order chi connectivity index (χ0) is 65.6. The lowest BCUT2D eigenvalue weighted by molar-refractivity contribution is -0.192. The Bertz CT molecular complexity index is 2880.